The Labute approximate surface area is 174 Å². The molecule has 2 aromatic rings. The first kappa shape index (κ1) is 20.9. The molecule has 10 heteroatoms. The number of carbonyl (C=O) groups excluding carboxylic acids is 2. The molecule has 1 heterocycles. The number of hydrogen-bond donors (Lipinski definition) is 5. The second-order valence-corrected chi connectivity index (χ2v) is 7.40. The molecule has 0 radical (unpaired) electrons. The Morgan fingerprint density at radius 1 is 0.968 bits per heavy atom. The summed E-state index contributed by atoms with van der Waals surface area (Å²) in [6.07, 6.45) is -9.31. The van der Waals surface area contributed by atoms with Gasteiger partial charge in [0.25, 0.3) is 0 Å². The van der Waals surface area contributed by atoms with Crippen molar-refractivity contribution in [1.82, 2.24) is 0 Å². The molecule has 1 aliphatic carbocycles. The van der Waals surface area contributed by atoms with Crippen molar-refractivity contribution in [3.63, 3.8) is 0 Å². The van der Waals surface area contributed by atoms with Gasteiger partial charge in [0.15, 0.2) is 11.9 Å². The highest BCUT2D eigenvalue weighted by Gasteiger charge is 2.48. The average Bonchev–Trinajstić information content (AvgIpc) is 2.71. The van der Waals surface area contributed by atoms with Crippen molar-refractivity contribution in [2.75, 3.05) is 0 Å². The number of rotatable bonds is 3. The summed E-state index contributed by atoms with van der Waals surface area (Å²) >= 11 is 0. The summed E-state index contributed by atoms with van der Waals surface area (Å²) in [4.78, 5) is 37.4. The van der Waals surface area contributed by atoms with Crippen LogP contribution in [0.15, 0.2) is 30.3 Å². The van der Waals surface area contributed by atoms with Gasteiger partial charge in [0.1, 0.15) is 29.8 Å². The van der Waals surface area contributed by atoms with Gasteiger partial charge >= 0.3 is 5.97 Å². The summed E-state index contributed by atoms with van der Waals surface area (Å²) in [5, 5.41) is 49.4. The summed E-state index contributed by atoms with van der Waals surface area (Å²) in [5.74, 6) is -3.44. The Hall–Kier alpha value is -3.31. The number of ketones is 2. The Bertz CT molecular complexity index is 1110. The minimum atomic E-state index is -1.91. The fourth-order valence-electron chi connectivity index (χ4n) is 3.78. The maximum Gasteiger partial charge on any atom is 0.335 e. The molecule has 162 valence electrons. The number of aliphatic hydroxyl groups excluding tert-OH is 3. The molecule has 0 aromatic heterocycles. The number of phenols is 1. The van der Waals surface area contributed by atoms with Gasteiger partial charge in [-0.3, -0.25) is 9.59 Å². The van der Waals surface area contributed by atoms with Gasteiger partial charge in [-0.25, -0.2) is 4.79 Å². The Morgan fingerprint density at radius 3 is 2.35 bits per heavy atom. The van der Waals surface area contributed by atoms with Crippen LogP contribution in [0.2, 0.25) is 0 Å². The van der Waals surface area contributed by atoms with Crippen molar-refractivity contribution in [2.45, 2.75) is 37.6 Å². The lowest BCUT2D eigenvalue weighted by Gasteiger charge is -2.38. The van der Waals surface area contributed by atoms with Crippen LogP contribution in [-0.2, 0) is 9.53 Å². The molecule has 10 nitrogen and oxygen atoms in total. The standard InChI is InChI=1S/C21H18O10/c1-7-5-9-12(10(22)6-7)15(24)13-8(14(9)23)3-2-4-11(13)30-21-18(27)16(25)17(26)19(31-21)20(28)29/h2-6,16-19,21-22,25-27H,1H3,(H,28,29)/t16-,17-,18+,19-,21+/m0/s1. The summed E-state index contributed by atoms with van der Waals surface area (Å²) in [7, 11) is 0. The molecule has 1 fully saturated rings. The highest BCUT2D eigenvalue weighted by molar-refractivity contribution is 6.30. The summed E-state index contributed by atoms with van der Waals surface area (Å²) in [6, 6.07) is 6.91. The Morgan fingerprint density at radius 2 is 1.68 bits per heavy atom. The molecule has 0 amide bonds. The molecule has 1 saturated heterocycles. The number of carbonyl (C=O) groups is 3. The molecule has 2 aromatic carbocycles. The second kappa shape index (κ2) is 7.43. The number of hydrogen-bond acceptors (Lipinski definition) is 9. The zero-order valence-electron chi connectivity index (χ0n) is 16.1. The minimum absolute atomic E-state index is 0.0133. The molecular weight excluding hydrogens is 412 g/mol. The van der Waals surface area contributed by atoms with E-state index in [0.29, 0.717) is 5.56 Å². The van der Waals surface area contributed by atoms with Crippen molar-refractivity contribution in [3.8, 4) is 11.5 Å². The molecule has 2 aliphatic rings. The highest BCUT2D eigenvalue weighted by Crippen LogP contribution is 2.38. The van der Waals surface area contributed by atoms with Crippen LogP contribution in [-0.4, -0.2) is 73.8 Å². The molecular formula is C21H18O10. The van der Waals surface area contributed by atoms with Crippen molar-refractivity contribution < 1.29 is 49.4 Å². The van der Waals surface area contributed by atoms with Crippen LogP contribution < -0.4 is 4.74 Å². The van der Waals surface area contributed by atoms with E-state index in [0.717, 1.165) is 0 Å². The van der Waals surface area contributed by atoms with Crippen LogP contribution in [0.4, 0.5) is 0 Å². The van der Waals surface area contributed by atoms with Crippen LogP contribution in [0.5, 0.6) is 11.5 Å². The quantitative estimate of drug-likeness (QED) is 0.373. The number of carboxylic acid groups (broad SMARTS) is 1. The van der Waals surface area contributed by atoms with Gasteiger partial charge < -0.3 is 35.0 Å². The SMILES string of the molecule is Cc1cc(O)c2c(c1)C(=O)c1cccc(O[C@@H]3O[C@H](C(=O)O)[C@@H](O)[C@H](O)[C@H]3O)c1C2=O. The number of phenolic OH excluding ortho intramolecular Hbond substituents is 1. The lowest BCUT2D eigenvalue weighted by Crippen LogP contribution is -2.61. The van der Waals surface area contributed by atoms with Crippen LogP contribution in [0.1, 0.15) is 37.4 Å². The molecule has 0 bridgehead atoms. The van der Waals surface area contributed by atoms with E-state index in [1.807, 2.05) is 0 Å². The zero-order valence-corrected chi connectivity index (χ0v) is 16.1. The van der Waals surface area contributed by atoms with E-state index in [4.69, 9.17) is 14.6 Å². The topological polar surface area (TPSA) is 171 Å². The van der Waals surface area contributed by atoms with Gasteiger partial charge in [-0.1, -0.05) is 12.1 Å². The summed E-state index contributed by atoms with van der Waals surface area (Å²) in [6.45, 7) is 1.66. The van der Waals surface area contributed by atoms with Gasteiger partial charge in [0, 0.05) is 11.1 Å². The zero-order chi connectivity index (χ0) is 22.6. The first-order valence-electron chi connectivity index (χ1n) is 9.27. The normalized spacial score (nSPS) is 27.4. The molecule has 0 saturated carbocycles. The van der Waals surface area contributed by atoms with E-state index in [-0.39, 0.29) is 33.8 Å². The third-order valence-corrected chi connectivity index (χ3v) is 5.29. The predicted molar refractivity (Wildman–Crippen MR) is 101 cm³/mol. The van der Waals surface area contributed by atoms with Gasteiger partial charge in [-0.2, -0.15) is 0 Å². The fraction of sp³-hybridized carbons (Fsp3) is 0.286. The number of carboxylic acids is 1. The Kier molecular flexibility index (Phi) is 5.02. The average molecular weight is 430 g/mol. The first-order chi connectivity index (χ1) is 14.6. The second-order valence-electron chi connectivity index (χ2n) is 7.40. The predicted octanol–water partition coefficient (Wildman–Crippen LogP) is -0.253. The van der Waals surface area contributed by atoms with Crippen molar-refractivity contribution >= 4 is 17.5 Å². The largest absolute Gasteiger partial charge is 0.507 e. The van der Waals surface area contributed by atoms with Crippen LogP contribution in [0.3, 0.4) is 0 Å². The lowest BCUT2D eigenvalue weighted by atomic mass is 9.82. The van der Waals surface area contributed by atoms with E-state index in [2.05, 4.69) is 0 Å². The van der Waals surface area contributed by atoms with E-state index >= 15 is 0 Å². The molecule has 5 N–H and O–H groups in total. The molecule has 0 spiro atoms. The van der Waals surface area contributed by atoms with Crippen molar-refractivity contribution in [1.29, 1.82) is 0 Å². The van der Waals surface area contributed by atoms with Gasteiger partial charge in [-0.05, 0) is 30.7 Å². The Balaban J connectivity index is 1.75. The van der Waals surface area contributed by atoms with E-state index in [1.165, 1.54) is 30.3 Å². The van der Waals surface area contributed by atoms with Gasteiger partial charge in [-0.15, -0.1) is 0 Å². The number of aromatic hydroxyl groups is 1. The van der Waals surface area contributed by atoms with E-state index in [1.54, 1.807) is 6.92 Å². The third-order valence-electron chi connectivity index (χ3n) is 5.29. The monoisotopic (exact) mass is 430 g/mol. The van der Waals surface area contributed by atoms with Crippen LogP contribution >= 0.6 is 0 Å². The number of ether oxygens (including phenoxy) is 2. The van der Waals surface area contributed by atoms with E-state index < -0.39 is 48.2 Å². The first-order valence-corrected chi connectivity index (χ1v) is 9.27. The van der Waals surface area contributed by atoms with Crippen LogP contribution in [0, 0.1) is 6.92 Å². The van der Waals surface area contributed by atoms with E-state index in [9.17, 15) is 34.8 Å². The number of aliphatic hydroxyl groups is 3. The third kappa shape index (κ3) is 3.26. The van der Waals surface area contributed by atoms with Crippen molar-refractivity contribution in [2.24, 2.45) is 0 Å². The number of aryl methyl sites for hydroxylation is 1. The lowest BCUT2D eigenvalue weighted by molar-refractivity contribution is -0.271. The number of fused-ring (bicyclic) bond motifs is 2. The molecule has 31 heavy (non-hydrogen) atoms. The summed E-state index contributed by atoms with van der Waals surface area (Å²) < 4.78 is 10.6. The molecule has 0 unspecified atom stereocenters. The molecule has 1 aliphatic heterocycles. The maximum absolute atomic E-state index is 13.1. The van der Waals surface area contributed by atoms with Crippen molar-refractivity contribution in [3.05, 3.63) is 58.1 Å². The van der Waals surface area contributed by atoms with Crippen LogP contribution in [0.25, 0.3) is 0 Å². The fourth-order valence-corrected chi connectivity index (χ4v) is 3.78. The van der Waals surface area contributed by atoms with Gasteiger partial charge in [0.05, 0.1) is 11.1 Å². The molecule has 4 rings (SSSR count). The number of aliphatic carboxylic acids is 1. The summed E-state index contributed by atoms with van der Waals surface area (Å²) in [5.41, 5.74) is 0.191. The molecule has 5 atom stereocenters. The van der Waals surface area contributed by atoms with Gasteiger partial charge in [0.2, 0.25) is 12.1 Å². The maximum atomic E-state index is 13.1. The smallest absolute Gasteiger partial charge is 0.335 e. The number of benzene rings is 2. The minimum Gasteiger partial charge on any atom is -0.507 e. The highest BCUT2D eigenvalue weighted by atomic mass is 16.7.